The number of ketones is 1. The van der Waals surface area contributed by atoms with Crippen LogP contribution in [0.25, 0.3) is 21.6 Å². The number of carbonyl (C=O) groups excluding carboxylic acids is 2. The molecule has 232 valence electrons. The number of carbonyl (C=O) groups is 2. The number of pyridine rings is 1. The molecule has 3 aromatic heterocycles. The van der Waals surface area contributed by atoms with Gasteiger partial charge in [-0.3, -0.25) is 18.9 Å². The summed E-state index contributed by atoms with van der Waals surface area (Å²) in [5.74, 6) is -0.238. The highest BCUT2D eigenvalue weighted by Gasteiger charge is 2.49. The molecule has 1 aliphatic heterocycles. The van der Waals surface area contributed by atoms with Gasteiger partial charge in [-0.1, -0.05) is 43.2 Å². The molecule has 0 bridgehead atoms. The highest BCUT2D eigenvalue weighted by Crippen LogP contribution is 2.46. The fourth-order valence-corrected chi connectivity index (χ4v) is 6.63. The first kappa shape index (κ1) is 30.1. The zero-order chi connectivity index (χ0) is 31.7. The van der Waals surface area contributed by atoms with Crippen molar-refractivity contribution in [2.24, 2.45) is 0 Å². The molecule has 0 spiro atoms. The standard InChI is InChI=1S/C34H34N4O6S/c1-5-7-10-17-44-24-15-12-21(18-25(24)43-6-2)30-28(31(39)29-20(3)35-27-11-8-9-16-37(27)29)32(40)33(41)38(30)34-36-23-14-13-22(42-4)19-26(23)45-34/h8-9,11-16,18-19,30,39H,5-7,10,17H2,1-4H3. The Hall–Kier alpha value is -4.90. The number of aromatic nitrogens is 3. The van der Waals surface area contributed by atoms with Gasteiger partial charge in [-0.05, 0) is 68.3 Å². The largest absolute Gasteiger partial charge is 0.505 e. The van der Waals surface area contributed by atoms with E-state index >= 15 is 0 Å². The van der Waals surface area contributed by atoms with Crippen molar-refractivity contribution in [2.45, 2.75) is 46.1 Å². The van der Waals surface area contributed by atoms with Crippen LogP contribution in [0.5, 0.6) is 17.2 Å². The van der Waals surface area contributed by atoms with E-state index in [2.05, 4.69) is 11.9 Å². The quantitative estimate of drug-likeness (QED) is 0.0732. The summed E-state index contributed by atoms with van der Waals surface area (Å²) < 4.78 is 19.9. The summed E-state index contributed by atoms with van der Waals surface area (Å²) in [5.41, 5.74) is 2.60. The maximum absolute atomic E-state index is 13.9. The fraction of sp³-hybridized carbons (Fsp3) is 0.294. The van der Waals surface area contributed by atoms with Gasteiger partial charge in [-0.25, -0.2) is 9.97 Å². The smallest absolute Gasteiger partial charge is 0.301 e. The fourth-order valence-electron chi connectivity index (χ4n) is 5.61. The van der Waals surface area contributed by atoms with Gasteiger partial charge in [0.1, 0.15) is 17.1 Å². The molecule has 1 N–H and O–H groups in total. The maximum atomic E-state index is 13.9. The third-order valence-corrected chi connectivity index (χ3v) is 8.77. The minimum atomic E-state index is -1.01. The van der Waals surface area contributed by atoms with Gasteiger partial charge in [0.15, 0.2) is 22.4 Å². The monoisotopic (exact) mass is 626 g/mol. The van der Waals surface area contributed by atoms with E-state index in [0.717, 1.165) is 24.0 Å². The van der Waals surface area contributed by atoms with Gasteiger partial charge in [-0.2, -0.15) is 0 Å². The second kappa shape index (κ2) is 12.6. The second-order valence-electron chi connectivity index (χ2n) is 10.7. The molecule has 0 radical (unpaired) electrons. The number of hydrogen-bond donors (Lipinski definition) is 1. The highest BCUT2D eigenvalue weighted by molar-refractivity contribution is 7.22. The first-order valence-corrected chi connectivity index (χ1v) is 15.8. The Kier molecular flexibility index (Phi) is 8.44. The molecule has 45 heavy (non-hydrogen) atoms. The van der Waals surface area contributed by atoms with Crippen molar-refractivity contribution in [1.29, 1.82) is 0 Å². The average molecular weight is 627 g/mol. The Balaban J connectivity index is 1.54. The third kappa shape index (κ3) is 5.48. The van der Waals surface area contributed by atoms with Crippen molar-refractivity contribution in [1.82, 2.24) is 14.4 Å². The molecular weight excluding hydrogens is 592 g/mol. The predicted octanol–water partition coefficient (Wildman–Crippen LogP) is 6.86. The van der Waals surface area contributed by atoms with Crippen LogP contribution >= 0.6 is 11.3 Å². The summed E-state index contributed by atoms with van der Waals surface area (Å²) >= 11 is 1.26. The van der Waals surface area contributed by atoms with Crippen LogP contribution in [0.1, 0.15) is 56.1 Å². The molecule has 1 atom stereocenters. The lowest BCUT2D eigenvalue weighted by Crippen LogP contribution is -2.29. The van der Waals surface area contributed by atoms with E-state index in [-0.39, 0.29) is 11.3 Å². The van der Waals surface area contributed by atoms with E-state index in [1.165, 1.54) is 16.2 Å². The van der Waals surface area contributed by atoms with Crippen molar-refractivity contribution < 1.29 is 28.9 Å². The van der Waals surface area contributed by atoms with Crippen molar-refractivity contribution in [3.63, 3.8) is 0 Å². The lowest BCUT2D eigenvalue weighted by molar-refractivity contribution is -0.132. The first-order chi connectivity index (χ1) is 21.9. The van der Waals surface area contributed by atoms with Crippen LogP contribution in [0.3, 0.4) is 0 Å². The summed E-state index contributed by atoms with van der Waals surface area (Å²) in [7, 11) is 1.58. The van der Waals surface area contributed by atoms with Crippen molar-refractivity contribution in [3.8, 4) is 17.2 Å². The van der Waals surface area contributed by atoms with Gasteiger partial charge in [0, 0.05) is 6.20 Å². The molecule has 1 aliphatic rings. The van der Waals surface area contributed by atoms with E-state index in [4.69, 9.17) is 19.2 Å². The summed E-state index contributed by atoms with van der Waals surface area (Å²) in [5, 5.41) is 12.2. The zero-order valence-electron chi connectivity index (χ0n) is 25.6. The van der Waals surface area contributed by atoms with Crippen LogP contribution in [0, 0.1) is 6.92 Å². The molecule has 11 heteroatoms. The number of thiazole rings is 1. The van der Waals surface area contributed by atoms with Crippen LogP contribution in [0.4, 0.5) is 5.13 Å². The van der Waals surface area contributed by atoms with Gasteiger partial charge in [-0.15, -0.1) is 0 Å². The Morgan fingerprint density at radius 1 is 1.00 bits per heavy atom. The van der Waals surface area contributed by atoms with E-state index in [1.807, 2.05) is 31.2 Å². The molecule has 1 fully saturated rings. The number of fused-ring (bicyclic) bond motifs is 2. The summed E-state index contributed by atoms with van der Waals surface area (Å²) in [6.07, 6.45) is 4.79. The molecule has 5 aromatic rings. The van der Waals surface area contributed by atoms with E-state index in [1.54, 1.807) is 55.0 Å². The second-order valence-corrected chi connectivity index (χ2v) is 11.7. The number of anilines is 1. The maximum Gasteiger partial charge on any atom is 0.301 e. The predicted molar refractivity (Wildman–Crippen MR) is 174 cm³/mol. The molecule has 1 amide bonds. The number of ether oxygens (including phenoxy) is 3. The van der Waals surface area contributed by atoms with Crippen molar-refractivity contribution >= 4 is 49.8 Å². The van der Waals surface area contributed by atoms with E-state index < -0.39 is 17.7 Å². The van der Waals surface area contributed by atoms with Crippen LogP contribution in [-0.4, -0.2) is 51.5 Å². The SMILES string of the molecule is CCCCCOc1ccc(C2C(=C(O)c3c(C)nc4ccccn34)C(=O)C(=O)N2c2nc3ccc(OC)cc3s2)cc1OCC. The normalized spacial score (nSPS) is 16.2. The zero-order valence-corrected chi connectivity index (χ0v) is 26.4. The molecule has 2 aromatic carbocycles. The minimum absolute atomic E-state index is 0.0651. The van der Waals surface area contributed by atoms with Crippen molar-refractivity contribution in [3.05, 3.63) is 83.3 Å². The van der Waals surface area contributed by atoms with Crippen LogP contribution in [0.2, 0.25) is 0 Å². The molecule has 1 saturated heterocycles. The van der Waals surface area contributed by atoms with Crippen LogP contribution in [0.15, 0.2) is 66.4 Å². The summed E-state index contributed by atoms with van der Waals surface area (Å²) in [6, 6.07) is 15.2. The summed E-state index contributed by atoms with van der Waals surface area (Å²) in [6.45, 7) is 6.69. The molecule has 0 saturated carbocycles. The molecule has 1 unspecified atom stereocenters. The lowest BCUT2D eigenvalue weighted by atomic mass is 9.96. The summed E-state index contributed by atoms with van der Waals surface area (Å²) in [4.78, 5) is 38.5. The van der Waals surface area contributed by atoms with E-state index in [9.17, 15) is 14.7 Å². The third-order valence-electron chi connectivity index (χ3n) is 7.75. The Labute approximate surface area is 264 Å². The number of Topliss-reactive ketones (excluding diaryl/α,β-unsaturated/α-hetero) is 1. The number of aliphatic hydroxyl groups is 1. The molecule has 4 heterocycles. The highest BCUT2D eigenvalue weighted by atomic mass is 32.1. The topological polar surface area (TPSA) is 115 Å². The number of rotatable bonds is 11. The van der Waals surface area contributed by atoms with Gasteiger partial charge in [0.2, 0.25) is 0 Å². The Morgan fingerprint density at radius 3 is 2.62 bits per heavy atom. The number of aliphatic hydroxyl groups excluding tert-OH is 1. The molecule has 0 aliphatic carbocycles. The van der Waals surface area contributed by atoms with E-state index in [0.29, 0.717) is 63.7 Å². The van der Waals surface area contributed by atoms with Crippen LogP contribution < -0.4 is 19.1 Å². The average Bonchev–Trinajstić information content (AvgIpc) is 3.69. The molecular formula is C34H34N4O6S. The van der Waals surface area contributed by atoms with Gasteiger partial charge < -0.3 is 19.3 Å². The molecule has 6 rings (SSSR count). The molecule has 10 nitrogen and oxygen atoms in total. The first-order valence-electron chi connectivity index (χ1n) is 14.9. The number of amides is 1. The van der Waals surface area contributed by atoms with Gasteiger partial charge in [0.05, 0.1) is 47.8 Å². The number of unbranched alkanes of at least 4 members (excludes halogenated alkanes) is 2. The number of hydrogen-bond acceptors (Lipinski definition) is 9. The number of benzene rings is 2. The van der Waals surface area contributed by atoms with Crippen LogP contribution in [-0.2, 0) is 9.59 Å². The Morgan fingerprint density at radius 2 is 1.84 bits per heavy atom. The van der Waals surface area contributed by atoms with Crippen molar-refractivity contribution in [2.75, 3.05) is 25.2 Å². The van der Waals surface area contributed by atoms with Gasteiger partial charge in [0.25, 0.3) is 5.78 Å². The number of aryl methyl sites for hydroxylation is 1. The minimum Gasteiger partial charge on any atom is -0.505 e. The number of imidazole rings is 1. The number of nitrogens with zero attached hydrogens (tertiary/aromatic N) is 4. The van der Waals surface area contributed by atoms with Gasteiger partial charge >= 0.3 is 5.91 Å². The Bertz CT molecular complexity index is 1940. The number of methoxy groups -OCH3 is 1. The lowest BCUT2D eigenvalue weighted by Gasteiger charge is -2.24.